The van der Waals surface area contributed by atoms with Crippen molar-refractivity contribution in [2.75, 3.05) is 0 Å². The van der Waals surface area contributed by atoms with Crippen molar-refractivity contribution in [3.8, 4) is 6.07 Å². The molecule has 132 valence electrons. The van der Waals surface area contributed by atoms with Crippen LogP contribution in [-0.4, -0.2) is 11.7 Å². The fourth-order valence-corrected chi connectivity index (χ4v) is 4.32. The Morgan fingerprint density at radius 3 is 1.77 bits per heavy atom. The third-order valence-electron chi connectivity index (χ3n) is 5.68. The minimum atomic E-state index is -1.45. The lowest BCUT2D eigenvalue weighted by molar-refractivity contribution is -0.132. The average molecular weight is 346 g/mol. The van der Waals surface area contributed by atoms with E-state index in [1.807, 2.05) is 62.4 Å². The molecule has 3 rings (SSSR count). The molecule has 2 aromatic carbocycles. The van der Waals surface area contributed by atoms with E-state index >= 15 is 0 Å². The summed E-state index contributed by atoms with van der Waals surface area (Å²) in [6.07, 6.45) is 0.313. The molecule has 0 heterocycles. The number of carbonyl (C=O) groups is 2. The van der Waals surface area contributed by atoms with Crippen LogP contribution in [0.1, 0.15) is 46.9 Å². The quantitative estimate of drug-likeness (QED) is 0.922. The number of ketones is 1. The number of aryl methyl sites for hydroxylation is 2. The minimum absolute atomic E-state index is 0.0543. The van der Waals surface area contributed by atoms with Crippen molar-refractivity contribution in [3.05, 3.63) is 70.8 Å². The van der Waals surface area contributed by atoms with Gasteiger partial charge in [-0.1, -0.05) is 48.5 Å². The number of benzene rings is 2. The molecular formula is C22H22N2O2. The Hall–Kier alpha value is -2.93. The van der Waals surface area contributed by atoms with Gasteiger partial charge in [-0.25, -0.2) is 0 Å². The summed E-state index contributed by atoms with van der Waals surface area (Å²) < 4.78 is 0. The molecule has 0 saturated heterocycles. The summed E-state index contributed by atoms with van der Waals surface area (Å²) in [6, 6.07) is 17.5. The van der Waals surface area contributed by atoms with Crippen LogP contribution in [0.4, 0.5) is 0 Å². The van der Waals surface area contributed by atoms with Crippen molar-refractivity contribution in [1.82, 2.24) is 0 Å². The molecule has 0 spiro atoms. The molecule has 26 heavy (non-hydrogen) atoms. The summed E-state index contributed by atoms with van der Waals surface area (Å²) in [5.41, 5.74) is 7.99. The molecule has 4 heteroatoms. The zero-order valence-corrected chi connectivity index (χ0v) is 15.0. The van der Waals surface area contributed by atoms with Gasteiger partial charge in [0.15, 0.2) is 0 Å². The molecule has 1 amide bonds. The molecule has 4 nitrogen and oxygen atoms in total. The fraction of sp³-hybridized carbons (Fsp3) is 0.318. The van der Waals surface area contributed by atoms with Crippen molar-refractivity contribution < 1.29 is 9.59 Å². The van der Waals surface area contributed by atoms with Crippen molar-refractivity contribution in [3.63, 3.8) is 0 Å². The van der Waals surface area contributed by atoms with Gasteiger partial charge < -0.3 is 5.73 Å². The van der Waals surface area contributed by atoms with Gasteiger partial charge in [0.1, 0.15) is 11.2 Å². The largest absolute Gasteiger partial charge is 0.368 e. The summed E-state index contributed by atoms with van der Waals surface area (Å²) in [4.78, 5) is 25.3. The van der Waals surface area contributed by atoms with Crippen molar-refractivity contribution >= 4 is 11.7 Å². The SMILES string of the molecule is Cc1ccccc1C1CC(=O)CC(c2ccccc2C)C1(C#N)C(N)=O. The van der Waals surface area contributed by atoms with Gasteiger partial charge in [0.25, 0.3) is 0 Å². The second kappa shape index (κ2) is 6.76. The van der Waals surface area contributed by atoms with Gasteiger partial charge in [-0.05, 0) is 36.1 Å². The Labute approximate surface area is 153 Å². The number of hydrogen-bond acceptors (Lipinski definition) is 3. The summed E-state index contributed by atoms with van der Waals surface area (Å²) in [6.45, 7) is 3.86. The normalized spacial score (nSPS) is 25.5. The van der Waals surface area contributed by atoms with Crippen LogP contribution < -0.4 is 5.73 Å². The smallest absolute Gasteiger partial charge is 0.239 e. The molecular weight excluding hydrogens is 324 g/mol. The molecule has 2 unspecified atom stereocenters. The van der Waals surface area contributed by atoms with E-state index in [9.17, 15) is 14.9 Å². The molecule has 1 fully saturated rings. The van der Waals surface area contributed by atoms with Gasteiger partial charge >= 0.3 is 0 Å². The molecule has 1 saturated carbocycles. The molecule has 0 aliphatic heterocycles. The van der Waals surface area contributed by atoms with Crippen LogP contribution in [-0.2, 0) is 9.59 Å². The third kappa shape index (κ3) is 2.70. The number of primary amides is 1. The highest BCUT2D eigenvalue weighted by Crippen LogP contribution is 2.54. The first kappa shape index (κ1) is 17.9. The number of rotatable bonds is 3. The van der Waals surface area contributed by atoms with Crippen molar-refractivity contribution in [1.29, 1.82) is 5.26 Å². The van der Waals surface area contributed by atoms with E-state index in [1.54, 1.807) is 0 Å². The van der Waals surface area contributed by atoms with Crippen LogP contribution in [0.15, 0.2) is 48.5 Å². The highest BCUT2D eigenvalue weighted by molar-refractivity contribution is 5.92. The first-order chi connectivity index (χ1) is 12.4. The van der Waals surface area contributed by atoms with E-state index in [-0.39, 0.29) is 18.6 Å². The van der Waals surface area contributed by atoms with Crippen LogP contribution >= 0.6 is 0 Å². The monoisotopic (exact) mass is 346 g/mol. The van der Waals surface area contributed by atoms with E-state index < -0.39 is 23.2 Å². The van der Waals surface area contributed by atoms with Crippen LogP contribution in [0.25, 0.3) is 0 Å². The molecule has 0 aromatic heterocycles. The highest BCUT2D eigenvalue weighted by atomic mass is 16.1. The van der Waals surface area contributed by atoms with Crippen LogP contribution in [0.2, 0.25) is 0 Å². The number of nitrogens with zero attached hydrogens (tertiary/aromatic N) is 1. The van der Waals surface area contributed by atoms with Gasteiger partial charge in [0.05, 0.1) is 6.07 Å². The maximum absolute atomic E-state index is 12.7. The number of carbonyl (C=O) groups excluding carboxylic acids is 2. The highest BCUT2D eigenvalue weighted by Gasteiger charge is 2.56. The lowest BCUT2D eigenvalue weighted by Gasteiger charge is -2.43. The van der Waals surface area contributed by atoms with Gasteiger partial charge in [-0.2, -0.15) is 5.26 Å². The van der Waals surface area contributed by atoms with E-state index in [0.29, 0.717) is 0 Å². The van der Waals surface area contributed by atoms with Gasteiger partial charge in [-0.15, -0.1) is 0 Å². The Morgan fingerprint density at radius 2 is 1.42 bits per heavy atom. The second-order valence-corrected chi connectivity index (χ2v) is 7.11. The van der Waals surface area contributed by atoms with Crippen LogP contribution in [0.5, 0.6) is 0 Å². The summed E-state index contributed by atoms with van der Waals surface area (Å²) in [5, 5.41) is 10.2. The Balaban J connectivity index is 2.26. The molecule has 2 N–H and O–H groups in total. The molecule has 0 bridgehead atoms. The van der Waals surface area contributed by atoms with E-state index in [0.717, 1.165) is 22.3 Å². The van der Waals surface area contributed by atoms with Crippen molar-refractivity contribution in [2.45, 2.75) is 38.5 Å². The first-order valence-electron chi connectivity index (χ1n) is 8.75. The summed E-state index contributed by atoms with van der Waals surface area (Å²) in [7, 11) is 0. The molecule has 0 radical (unpaired) electrons. The topological polar surface area (TPSA) is 83.9 Å². The van der Waals surface area contributed by atoms with Gasteiger partial charge in [0.2, 0.25) is 5.91 Å². The maximum atomic E-state index is 12.7. The van der Waals surface area contributed by atoms with Crippen molar-refractivity contribution in [2.24, 2.45) is 11.1 Å². The van der Waals surface area contributed by atoms with E-state index in [1.165, 1.54) is 0 Å². The second-order valence-electron chi connectivity index (χ2n) is 7.11. The van der Waals surface area contributed by atoms with Crippen LogP contribution in [0, 0.1) is 30.6 Å². The van der Waals surface area contributed by atoms with Crippen LogP contribution in [0.3, 0.4) is 0 Å². The molecule has 2 aromatic rings. The fourth-order valence-electron chi connectivity index (χ4n) is 4.32. The molecule has 2 atom stereocenters. The Morgan fingerprint density at radius 1 is 1.00 bits per heavy atom. The number of Topliss-reactive ketones (excluding diaryl/α,β-unsaturated/α-hetero) is 1. The lowest BCUT2D eigenvalue weighted by atomic mass is 9.55. The number of nitriles is 1. The third-order valence-corrected chi connectivity index (χ3v) is 5.68. The number of amides is 1. The van der Waals surface area contributed by atoms with E-state index in [2.05, 4.69) is 6.07 Å². The summed E-state index contributed by atoms with van der Waals surface area (Å²) in [5.74, 6) is -1.69. The Kier molecular flexibility index (Phi) is 4.65. The van der Waals surface area contributed by atoms with Gasteiger partial charge in [0, 0.05) is 24.7 Å². The zero-order valence-electron chi connectivity index (χ0n) is 15.0. The lowest BCUT2D eigenvalue weighted by Crippen LogP contribution is -2.50. The molecule has 1 aliphatic carbocycles. The average Bonchev–Trinajstić information content (AvgIpc) is 2.62. The van der Waals surface area contributed by atoms with E-state index in [4.69, 9.17) is 5.73 Å². The predicted octanol–water partition coefficient (Wildman–Crippen LogP) is 3.53. The standard InChI is InChI=1S/C22H22N2O2/c1-14-7-3-5-9-17(14)19-11-16(25)12-20(22(19,13-23)21(24)26)18-10-6-4-8-15(18)2/h3-10,19-20H,11-12H2,1-2H3,(H2,24,26). The zero-order chi connectivity index (χ0) is 18.9. The summed E-state index contributed by atoms with van der Waals surface area (Å²) >= 11 is 0. The van der Waals surface area contributed by atoms with Gasteiger partial charge in [-0.3, -0.25) is 9.59 Å². The number of nitrogens with two attached hydrogens (primary N) is 1. The number of hydrogen-bond donors (Lipinski definition) is 1. The minimum Gasteiger partial charge on any atom is -0.368 e. The Bertz CT molecular complexity index is 853. The maximum Gasteiger partial charge on any atom is 0.239 e. The molecule has 1 aliphatic rings. The predicted molar refractivity (Wildman–Crippen MR) is 99.3 cm³/mol. The first-order valence-corrected chi connectivity index (χ1v) is 8.75.